The third kappa shape index (κ3) is 2.18. The van der Waals surface area contributed by atoms with E-state index in [2.05, 4.69) is 15.0 Å². The molecule has 0 saturated carbocycles. The topological polar surface area (TPSA) is 66.6 Å². The lowest BCUT2D eigenvalue weighted by molar-refractivity contribution is 0.713. The fraction of sp³-hybridized carbons (Fsp3) is 0.222. The standard InChI is InChI=1S/C9H9N5S/c10-13-12-4-6-14-5-3-11-9(14)8-2-1-7-15-8/h1-3,5,7H,4,6H2. The highest BCUT2D eigenvalue weighted by molar-refractivity contribution is 7.13. The van der Waals surface area contributed by atoms with Gasteiger partial charge < -0.3 is 4.57 Å². The number of hydrogen-bond donors (Lipinski definition) is 0. The Morgan fingerprint density at radius 1 is 1.60 bits per heavy atom. The molecule has 0 amide bonds. The molecule has 0 radical (unpaired) electrons. The van der Waals surface area contributed by atoms with Crippen LogP contribution in [0.5, 0.6) is 0 Å². The second-order valence-corrected chi connectivity index (χ2v) is 3.82. The van der Waals surface area contributed by atoms with E-state index >= 15 is 0 Å². The number of hydrogen-bond acceptors (Lipinski definition) is 3. The van der Waals surface area contributed by atoms with Gasteiger partial charge >= 0.3 is 0 Å². The van der Waals surface area contributed by atoms with Gasteiger partial charge in [-0.3, -0.25) is 0 Å². The van der Waals surface area contributed by atoms with Crippen LogP contribution in [0.15, 0.2) is 35.0 Å². The smallest absolute Gasteiger partial charge is 0.149 e. The van der Waals surface area contributed by atoms with E-state index in [0.29, 0.717) is 13.1 Å². The van der Waals surface area contributed by atoms with E-state index in [0.717, 1.165) is 10.7 Å². The van der Waals surface area contributed by atoms with E-state index in [1.165, 1.54) is 0 Å². The Kier molecular flexibility index (Phi) is 3.02. The van der Waals surface area contributed by atoms with Crippen molar-refractivity contribution in [2.45, 2.75) is 6.54 Å². The van der Waals surface area contributed by atoms with Crippen LogP contribution in [0.1, 0.15) is 0 Å². The predicted octanol–water partition coefficient (Wildman–Crippen LogP) is 2.92. The molecule has 0 spiro atoms. The highest BCUT2D eigenvalue weighted by Crippen LogP contribution is 2.22. The first-order valence-corrected chi connectivity index (χ1v) is 5.35. The molecule has 0 unspecified atom stereocenters. The van der Waals surface area contributed by atoms with Crippen LogP contribution < -0.4 is 0 Å². The summed E-state index contributed by atoms with van der Waals surface area (Å²) in [6.45, 7) is 1.11. The minimum absolute atomic E-state index is 0.450. The van der Waals surface area contributed by atoms with Crippen LogP contribution in [0.3, 0.4) is 0 Å². The molecule has 2 aromatic heterocycles. The van der Waals surface area contributed by atoms with Crippen molar-refractivity contribution in [1.82, 2.24) is 9.55 Å². The molecule has 0 aliphatic carbocycles. The van der Waals surface area contributed by atoms with Crippen molar-refractivity contribution in [3.05, 3.63) is 40.3 Å². The molecule has 0 saturated heterocycles. The lowest BCUT2D eigenvalue weighted by Gasteiger charge is -2.02. The van der Waals surface area contributed by atoms with E-state index in [9.17, 15) is 0 Å². The summed E-state index contributed by atoms with van der Waals surface area (Å²) in [5, 5.41) is 5.52. The molecule has 0 atom stereocenters. The Hall–Kier alpha value is -1.78. The van der Waals surface area contributed by atoms with Crippen LogP contribution in [-0.4, -0.2) is 16.1 Å². The number of imidazole rings is 1. The van der Waals surface area contributed by atoms with Gasteiger partial charge in [-0.1, -0.05) is 11.2 Å². The second kappa shape index (κ2) is 4.63. The predicted molar refractivity (Wildman–Crippen MR) is 59.6 cm³/mol. The van der Waals surface area contributed by atoms with Gasteiger partial charge in [-0.25, -0.2) is 4.98 Å². The fourth-order valence-electron chi connectivity index (χ4n) is 1.32. The summed E-state index contributed by atoms with van der Waals surface area (Å²) in [6.07, 6.45) is 3.65. The third-order valence-corrected chi connectivity index (χ3v) is 2.83. The molecule has 0 aliphatic heterocycles. The maximum atomic E-state index is 8.18. The van der Waals surface area contributed by atoms with Gasteiger partial charge in [-0.05, 0) is 17.0 Å². The van der Waals surface area contributed by atoms with Gasteiger partial charge in [0.25, 0.3) is 0 Å². The molecule has 2 aromatic rings. The highest BCUT2D eigenvalue weighted by atomic mass is 32.1. The third-order valence-electron chi connectivity index (χ3n) is 1.96. The van der Waals surface area contributed by atoms with Gasteiger partial charge in [0.15, 0.2) is 0 Å². The van der Waals surface area contributed by atoms with Crippen molar-refractivity contribution >= 4 is 11.3 Å². The molecule has 0 fully saturated rings. The number of aromatic nitrogens is 2. The molecule has 6 heteroatoms. The Morgan fingerprint density at radius 3 is 3.27 bits per heavy atom. The van der Waals surface area contributed by atoms with Crippen LogP contribution in [0.2, 0.25) is 0 Å². The summed E-state index contributed by atoms with van der Waals surface area (Å²) in [6, 6.07) is 4.02. The normalized spacial score (nSPS) is 9.87. The van der Waals surface area contributed by atoms with Crippen molar-refractivity contribution in [3.8, 4) is 10.7 Å². The van der Waals surface area contributed by atoms with Crippen LogP contribution >= 0.6 is 11.3 Å². The second-order valence-electron chi connectivity index (χ2n) is 2.88. The Balaban J connectivity index is 2.19. The molecule has 0 bridgehead atoms. The maximum Gasteiger partial charge on any atom is 0.149 e. The van der Waals surface area contributed by atoms with E-state index in [1.807, 2.05) is 28.3 Å². The minimum Gasteiger partial charge on any atom is -0.330 e. The number of azide groups is 1. The van der Waals surface area contributed by atoms with Crippen molar-refractivity contribution < 1.29 is 0 Å². The van der Waals surface area contributed by atoms with Gasteiger partial charge in [-0.2, -0.15) is 0 Å². The lowest BCUT2D eigenvalue weighted by atomic mass is 10.4. The number of nitrogens with zero attached hydrogens (tertiary/aromatic N) is 5. The first kappa shape index (κ1) is 9.76. The molecule has 5 nitrogen and oxygen atoms in total. The number of rotatable bonds is 4. The van der Waals surface area contributed by atoms with E-state index in [-0.39, 0.29) is 0 Å². The average molecular weight is 219 g/mol. The lowest BCUT2D eigenvalue weighted by Crippen LogP contribution is -2.00. The average Bonchev–Trinajstić information content (AvgIpc) is 2.87. The fourth-order valence-corrected chi connectivity index (χ4v) is 2.05. The molecular weight excluding hydrogens is 210 g/mol. The minimum atomic E-state index is 0.450. The molecule has 15 heavy (non-hydrogen) atoms. The Bertz CT molecular complexity index is 466. The Morgan fingerprint density at radius 2 is 2.53 bits per heavy atom. The van der Waals surface area contributed by atoms with E-state index in [1.54, 1.807) is 17.5 Å². The zero-order valence-corrected chi connectivity index (χ0v) is 8.76. The summed E-state index contributed by atoms with van der Waals surface area (Å²) in [7, 11) is 0. The van der Waals surface area contributed by atoms with Gasteiger partial charge in [0.1, 0.15) is 5.82 Å². The summed E-state index contributed by atoms with van der Waals surface area (Å²) in [5.74, 6) is 0.929. The van der Waals surface area contributed by atoms with Crippen LogP contribution in [-0.2, 0) is 6.54 Å². The Labute approximate surface area is 90.6 Å². The summed E-state index contributed by atoms with van der Waals surface area (Å²) in [5.41, 5.74) is 8.18. The summed E-state index contributed by atoms with van der Waals surface area (Å²) < 4.78 is 1.99. The molecule has 0 N–H and O–H groups in total. The maximum absolute atomic E-state index is 8.18. The van der Waals surface area contributed by atoms with Gasteiger partial charge in [-0.15, -0.1) is 11.3 Å². The first-order valence-electron chi connectivity index (χ1n) is 4.47. The molecule has 2 heterocycles. The summed E-state index contributed by atoms with van der Waals surface area (Å²) in [4.78, 5) is 8.12. The SMILES string of the molecule is [N-]=[N+]=NCCn1ccnc1-c1cccs1. The zero-order chi connectivity index (χ0) is 10.5. The number of thiophene rings is 1. The van der Waals surface area contributed by atoms with Gasteiger partial charge in [0.05, 0.1) is 4.88 Å². The highest BCUT2D eigenvalue weighted by Gasteiger charge is 2.05. The molecule has 76 valence electrons. The van der Waals surface area contributed by atoms with Crippen LogP contribution in [0.25, 0.3) is 21.1 Å². The molecule has 0 aliphatic rings. The van der Waals surface area contributed by atoms with E-state index < -0.39 is 0 Å². The van der Waals surface area contributed by atoms with Crippen molar-refractivity contribution in [2.24, 2.45) is 5.11 Å². The molecular formula is C9H9N5S. The van der Waals surface area contributed by atoms with Gasteiger partial charge in [0, 0.05) is 30.4 Å². The molecule has 0 aromatic carbocycles. The largest absolute Gasteiger partial charge is 0.330 e. The summed E-state index contributed by atoms with van der Waals surface area (Å²) >= 11 is 1.65. The van der Waals surface area contributed by atoms with Crippen molar-refractivity contribution in [1.29, 1.82) is 0 Å². The quantitative estimate of drug-likeness (QED) is 0.443. The zero-order valence-electron chi connectivity index (χ0n) is 7.95. The van der Waals surface area contributed by atoms with Crippen molar-refractivity contribution in [2.75, 3.05) is 6.54 Å². The van der Waals surface area contributed by atoms with Crippen molar-refractivity contribution in [3.63, 3.8) is 0 Å². The monoisotopic (exact) mass is 219 g/mol. The van der Waals surface area contributed by atoms with E-state index in [4.69, 9.17) is 5.53 Å². The van der Waals surface area contributed by atoms with Gasteiger partial charge in [0.2, 0.25) is 0 Å². The first-order chi connectivity index (χ1) is 7.42. The van der Waals surface area contributed by atoms with Crippen LogP contribution in [0, 0.1) is 0 Å². The molecule has 2 rings (SSSR count). The van der Waals surface area contributed by atoms with Crippen LogP contribution in [0.4, 0.5) is 0 Å².